The fraction of sp³-hybridized carbons (Fsp3) is 0.353. The molecule has 0 bridgehead atoms. The van der Waals surface area contributed by atoms with Gasteiger partial charge in [0, 0.05) is 6.07 Å². The smallest absolute Gasteiger partial charge is 0.439 e. The number of halogens is 1. The normalized spacial score (nSPS) is 18.9. The van der Waals surface area contributed by atoms with Crippen LogP contribution in [0.1, 0.15) is 27.7 Å². The molecule has 0 atom stereocenters. The van der Waals surface area contributed by atoms with Gasteiger partial charge in [-0.2, -0.15) is 0 Å². The van der Waals surface area contributed by atoms with Crippen LogP contribution < -0.4 is 10.2 Å². The fourth-order valence-corrected chi connectivity index (χ4v) is 2.22. The van der Waals surface area contributed by atoms with Crippen LogP contribution in [0.2, 0.25) is 0 Å². The molecular formula is C17H19BFNO3. The third-order valence-electron chi connectivity index (χ3n) is 4.33. The van der Waals surface area contributed by atoms with Gasteiger partial charge in [0.1, 0.15) is 11.6 Å². The maximum absolute atomic E-state index is 12.8. The molecule has 0 radical (unpaired) electrons. The average molecular weight is 315 g/mol. The van der Waals surface area contributed by atoms with Crippen LogP contribution >= 0.6 is 0 Å². The van der Waals surface area contributed by atoms with Crippen LogP contribution in [0.25, 0.3) is 0 Å². The summed E-state index contributed by atoms with van der Waals surface area (Å²) in [6, 6.07) is 10.2. The van der Waals surface area contributed by atoms with Gasteiger partial charge in [-0.1, -0.05) is 12.1 Å². The first-order chi connectivity index (χ1) is 10.8. The second kappa shape index (κ2) is 5.62. The molecule has 1 saturated heterocycles. The topological polar surface area (TPSA) is 40.6 Å². The van der Waals surface area contributed by atoms with E-state index in [1.807, 2.05) is 52.0 Å². The van der Waals surface area contributed by atoms with Gasteiger partial charge in [0.15, 0.2) is 0 Å². The minimum atomic E-state index is -0.405. The highest BCUT2D eigenvalue weighted by Crippen LogP contribution is 2.36. The second-order valence-electron chi connectivity index (χ2n) is 6.57. The Balaban J connectivity index is 1.72. The number of benzene rings is 1. The molecule has 4 nitrogen and oxygen atoms in total. The Labute approximate surface area is 135 Å². The fourth-order valence-electron chi connectivity index (χ4n) is 2.22. The average Bonchev–Trinajstić information content (AvgIpc) is 2.71. The van der Waals surface area contributed by atoms with Crippen LogP contribution in [0.5, 0.6) is 11.6 Å². The third-order valence-corrected chi connectivity index (χ3v) is 4.33. The zero-order valence-electron chi connectivity index (χ0n) is 13.7. The van der Waals surface area contributed by atoms with Crippen molar-refractivity contribution in [1.29, 1.82) is 0 Å². The van der Waals surface area contributed by atoms with E-state index in [0.29, 0.717) is 11.6 Å². The number of rotatable bonds is 3. The van der Waals surface area contributed by atoms with Gasteiger partial charge in [-0.05, 0) is 51.4 Å². The molecule has 0 amide bonds. The standard InChI is InChI=1S/C17H19BFNO3/c1-16(2)17(3,4)23-18(22-16)12-5-8-14(9-6-12)21-15-10-7-13(19)11-20-15/h5-11H,1-4H3. The maximum atomic E-state index is 12.8. The summed E-state index contributed by atoms with van der Waals surface area (Å²) in [5, 5.41) is 0. The lowest BCUT2D eigenvalue weighted by molar-refractivity contribution is 0.00578. The van der Waals surface area contributed by atoms with Crippen LogP contribution in [-0.2, 0) is 9.31 Å². The molecule has 2 aromatic rings. The first-order valence-electron chi connectivity index (χ1n) is 7.52. The molecule has 0 N–H and O–H groups in total. The zero-order valence-corrected chi connectivity index (χ0v) is 13.7. The summed E-state index contributed by atoms with van der Waals surface area (Å²) in [6.07, 6.45) is 1.12. The summed E-state index contributed by atoms with van der Waals surface area (Å²) in [5.74, 6) is 0.563. The Morgan fingerprint density at radius 3 is 2.09 bits per heavy atom. The molecule has 3 rings (SSSR count). The number of aromatic nitrogens is 1. The number of hydrogen-bond donors (Lipinski definition) is 0. The lowest BCUT2D eigenvalue weighted by Crippen LogP contribution is -2.41. The van der Waals surface area contributed by atoms with Crippen molar-refractivity contribution in [2.24, 2.45) is 0 Å². The van der Waals surface area contributed by atoms with E-state index in [0.717, 1.165) is 11.7 Å². The molecule has 0 saturated carbocycles. The highest BCUT2D eigenvalue weighted by atomic mass is 19.1. The van der Waals surface area contributed by atoms with E-state index in [1.54, 1.807) is 0 Å². The predicted molar refractivity (Wildman–Crippen MR) is 86.4 cm³/mol. The van der Waals surface area contributed by atoms with Crippen molar-refractivity contribution in [3.05, 3.63) is 48.4 Å². The molecule has 1 aliphatic heterocycles. The van der Waals surface area contributed by atoms with Gasteiger partial charge in [-0.15, -0.1) is 0 Å². The van der Waals surface area contributed by atoms with Crippen molar-refractivity contribution >= 4 is 12.6 Å². The molecule has 0 spiro atoms. The van der Waals surface area contributed by atoms with Crippen molar-refractivity contribution < 1.29 is 18.4 Å². The molecule has 1 aromatic carbocycles. The molecule has 1 aliphatic rings. The van der Waals surface area contributed by atoms with E-state index >= 15 is 0 Å². The molecule has 23 heavy (non-hydrogen) atoms. The van der Waals surface area contributed by atoms with Crippen molar-refractivity contribution in [2.45, 2.75) is 38.9 Å². The number of pyridine rings is 1. The number of ether oxygens (including phenoxy) is 1. The molecule has 1 fully saturated rings. The first kappa shape index (κ1) is 16.0. The maximum Gasteiger partial charge on any atom is 0.494 e. The van der Waals surface area contributed by atoms with Crippen molar-refractivity contribution in [1.82, 2.24) is 4.98 Å². The molecular weight excluding hydrogens is 296 g/mol. The Bertz CT molecular complexity index is 670. The van der Waals surface area contributed by atoms with Crippen LogP contribution in [0.15, 0.2) is 42.6 Å². The molecule has 2 heterocycles. The summed E-state index contributed by atoms with van der Waals surface area (Å²) in [7, 11) is -0.405. The highest BCUT2D eigenvalue weighted by Gasteiger charge is 2.51. The van der Waals surface area contributed by atoms with Gasteiger partial charge in [0.2, 0.25) is 5.88 Å². The van der Waals surface area contributed by atoms with Gasteiger partial charge in [-0.3, -0.25) is 0 Å². The minimum absolute atomic E-state index is 0.342. The van der Waals surface area contributed by atoms with E-state index in [4.69, 9.17) is 14.0 Å². The van der Waals surface area contributed by atoms with Gasteiger partial charge in [-0.25, -0.2) is 9.37 Å². The van der Waals surface area contributed by atoms with Gasteiger partial charge >= 0.3 is 7.12 Å². The summed E-state index contributed by atoms with van der Waals surface area (Å²) >= 11 is 0. The largest absolute Gasteiger partial charge is 0.494 e. The molecule has 120 valence electrons. The van der Waals surface area contributed by atoms with E-state index in [9.17, 15) is 4.39 Å². The summed E-state index contributed by atoms with van der Waals surface area (Å²) < 4.78 is 30.4. The van der Waals surface area contributed by atoms with Crippen molar-refractivity contribution in [2.75, 3.05) is 0 Å². The Morgan fingerprint density at radius 2 is 1.57 bits per heavy atom. The van der Waals surface area contributed by atoms with Crippen molar-refractivity contribution in [3.8, 4) is 11.6 Å². The Kier molecular flexibility index (Phi) is 3.90. The van der Waals surface area contributed by atoms with Gasteiger partial charge in [0.05, 0.1) is 17.4 Å². The second-order valence-corrected chi connectivity index (χ2v) is 6.57. The van der Waals surface area contributed by atoms with Gasteiger partial charge < -0.3 is 14.0 Å². The summed E-state index contributed by atoms with van der Waals surface area (Å²) in [5.41, 5.74) is 0.179. The Hall–Kier alpha value is -1.92. The van der Waals surface area contributed by atoms with Crippen LogP contribution in [0.3, 0.4) is 0 Å². The summed E-state index contributed by atoms with van der Waals surface area (Å²) in [4.78, 5) is 3.86. The monoisotopic (exact) mass is 315 g/mol. The van der Waals surface area contributed by atoms with E-state index < -0.39 is 12.9 Å². The van der Waals surface area contributed by atoms with E-state index in [2.05, 4.69) is 4.98 Å². The summed E-state index contributed by atoms with van der Waals surface area (Å²) in [6.45, 7) is 8.07. The number of hydrogen-bond acceptors (Lipinski definition) is 4. The highest BCUT2D eigenvalue weighted by molar-refractivity contribution is 6.62. The predicted octanol–water partition coefficient (Wildman–Crippen LogP) is 3.31. The number of nitrogens with zero attached hydrogens (tertiary/aromatic N) is 1. The van der Waals surface area contributed by atoms with Crippen LogP contribution in [-0.4, -0.2) is 23.3 Å². The SMILES string of the molecule is CC1(C)OB(c2ccc(Oc3ccc(F)cn3)cc2)OC1(C)C. The lowest BCUT2D eigenvalue weighted by atomic mass is 9.79. The lowest BCUT2D eigenvalue weighted by Gasteiger charge is -2.32. The van der Waals surface area contributed by atoms with Crippen LogP contribution in [0.4, 0.5) is 4.39 Å². The molecule has 0 aliphatic carbocycles. The van der Waals surface area contributed by atoms with Crippen LogP contribution in [0, 0.1) is 5.82 Å². The third kappa shape index (κ3) is 3.23. The van der Waals surface area contributed by atoms with E-state index in [-0.39, 0.29) is 11.2 Å². The quantitative estimate of drug-likeness (QED) is 0.815. The zero-order chi connectivity index (χ0) is 16.7. The molecule has 1 aromatic heterocycles. The van der Waals surface area contributed by atoms with Crippen molar-refractivity contribution in [3.63, 3.8) is 0 Å². The van der Waals surface area contributed by atoms with E-state index in [1.165, 1.54) is 12.1 Å². The van der Waals surface area contributed by atoms with Gasteiger partial charge in [0.25, 0.3) is 0 Å². The molecule has 6 heteroatoms. The first-order valence-corrected chi connectivity index (χ1v) is 7.52. The minimum Gasteiger partial charge on any atom is -0.439 e. The Morgan fingerprint density at radius 1 is 0.957 bits per heavy atom. The molecule has 0 unspecified atom stereocenters.